The Morgan fingerprint density at radius 3 is 2.55 bits per heavy atom. The van der Waals surface area contributed by atoms with E-state index in [1.807, 2.05) is 0 Å². The maximum atomic E-state index is 14.0. The van der Waals surface area contributed by atoms with Crippen molar-refractivity contribution in [3.63, 3.8) is 0 Å². The number of ether oxygens (including phenoxy) is 1. The van der Waals surface area contributed by atoms with E-state index >= 15 is 0 Å². The summed E-state index contributed by atoms with van der Waals surface area (Å²) >= 11 is 0. The molecule has 3 rings (SSSR count). The third-order valence-corrected chi connectivity index (χ3v) is 5.30. The van der Waals surface area contributed by atoms with E-state index in [1.54, 1.807) is 0 Å². The van der Waals surface area contributed by atoms with Crippen molar-refractivity contribution in [1.82, 2.24) is 0 Å². The van der Waals surface area contributed by atoms with Crippen LogP contribution in [0, 0.1) is 23.5 Å². The molecule has 1 heterocycles. The van der Waals surface area contributed by atoms with E-state index in [1.165, 1.54) is 31.7 Å². The summed E-state index contributed by atoms with van der Waals surface area (Å²) in [4.78, 5) is 0. The maximum Gasteiger partial charge on any atom is 0.204 e. The third-order valence-electron chi connectivity index (χ3n) is 5.30. The third kappa shape index (κ3) is 2.92. The fourth-order valence-corrected chi connectivity index (χ4v) is 4.06. The molecule has 0 spiro atoms. The number of halogens is 2. The average molecular weight is 310 g/mol. The van der Waals surface area contributed by atoms with Gasteiger partial charge in [-0.25, -0.2) is 0 Å². The summed E-state index contributed by atoms with van der Waals surface area (Å²) in [6, 6.07) is 1.29. The van der Waals surface area contributed by atoms with Crippen molar-refractivity contribution in [3.8, 4) is 11.5 Å². The summed E-state index contributed by atoms with van der Waals surface area (Å²) in [5.74, 6) is -1.59. The van der Waals surface area contributed by atoms with Gasteiger partial charge in [-0.3, -0.25) is 0 Å². The van der Waals surface area contributed by atoms with Crippen LogP contribution in [0.2, 0.25) is 0 Å². The molecule has 1 saturated carbocycles. The normalized spacial score (nSPS) is 28.0. The summed E-state index contributed by atoms with van der Waals surface area (Å²) < 4.78 is 33.3. The molecule has 22 heavy (non-hydrogen) atoms. The van der Waals surface area contributed by atoms with Crippen LogP contribution in [0.1, 0.15) is 57.4 Å². The average Bonchev–Trinajstić information content (AvgIpc) is 2.54. The minimum absolute atomic E-state index is 0.0160. The van der Waals surface area contributed by atoms with Gasteiger partial charge in [0, 0.05) is 5.56 Å². The van der Waals surface area contributed by atoms with Gasteiger partial charge in [0.25, 0.3) is 0 Å². The van der Waals surface area contributed by atoms with E-state index in [0.717, 1.165) is 25.2 Å². The molecule has 122 valence electrons. The second-order valence-corrected chi connectivity index (χ2v) is 6.78. The molecule has 0 bridgehead atoms. The number of aromatic hydroxyl groups is 1. The Balaban J connectivity index is 1.69. The summed E-state index contributed by atoms with van der Waals surface area (Å²) in [6.07, 6.45) is 8.64. The second-order valence-electron chi connectivity index (χ2n) is 6.78. The Labute approximate surface area is 130 Å². The van der Waals surface area contributed by atoms with Crippen LogP contribution in [0.4, 0.5) is 8.78 Å². The van der Waals surface area contributed by atoms with Gasteiger partial charge in [0.2, 0.25) is 11.6 Å². The molecule has 1 N–H and O–H groups in total. The summed E-state index contributed by atoms with van der Waals surface area (Å²) in [7, 11) is 0. The molecule has 0 saturated heterocycles. The number of phenolic OH excluding ortho intramolecular Hbond substituents is 1. The molecule has 0 aromatic heterocycles. The van der Waals surface area contributed by atoms with Crippen LogP contribution < -0.4 is 4.74 Å². The van der Waals surface area contributed by atoms with Crippen molar-refractivity contribution in [1.29, 1.82) is 0 Å². The number of benzene rings is 1. The molecule has 1 aromatic carbocycles. The number of rotatable bonds is 3. The van der Waals surface area contributed by atoms with E-state index in [2.05, 4.69) is 6.92 Å². The SMILES string of the molecule is CCCC1CCC(C2CCc3cc(O)c(F)c(F)c3O2)CC1. The van der Waals surface area contributed by atoms with Gasteiger partial charge in [0.1, 0.15) is 6.10 Å². The number of hydrogen-bond donors (Lipinski definition) is 1. The van der Waals surface area contributed by atoms with E-state index in [-0.39, 0.29) is 11.9 Å². The monoisotopic (exact) mass is 310 g/mol. The van der Waals surface area contributed by atoms with Gasteiger partial charge >= 0.3 is 0 Å². The Kier molecular flexibility index (Phi) is 4.55. The smallest absolute Gasteiger partial charge is 0.204 e. The minimum atomic E-state index is -1.20. The lowest BCUT2D eigenvalue weighted by atomic mass is 9.76. The lowest BCUT2D eigenvalue weighted by Gasteiger charge is -2.36. The van der Waals surface area contributed by atoms with E-state index in [0.29, 0.717) is 17.9 Å². The first-order valence-electron chi connectivity index (χ1n) is 8.46. The number of hydrogen-bond acceptors (Lipinski definition) is 2. The standard InChI is InChI=1S/C18H24F2O2/c1-2-3-11-4-6-12(7-5-11)15-9-8-13-10-14(21)16(19)17(20)18(13)22-15/h10-12,15,21H,2-9H2,1H3. The molecule has 0 amide bonds. The number of aryl methyl sites for hydroxylation is 1. The van der Waals surface area contributed by atoms with Gasteiger partial charge in [0.15, 0.2) is 11.5 Å². The van der Waals surface area contributed by atoms with Gasteiger partial charge in [-0.05, 0) is 43.6 Å². The first-order chi connectivity index (χ1) is 10.6. The molecule has 1 unspecified atom stereocenters. The highest BCUT2D eigenvalue weighted by Crippen LogP contribution is 2.41. The second kappa shape index (κ2) is 6.43. The zero-order chi connectivity index (χ0) is 15.7. The molecule has 2 aliphatic rings. The highest BCUT2D eigenvalue weighted by molar-refractivity contribution is 5.43. The first-order valence-corrected chi connectivity index (χ1v) is 8.46. The molecule has 0 radical (unpaired) electrons. The predicted octanol–water partition coefficient (Wildman–Crippen LogP) is 4.97. The van der Waals surface area contributed by atoms with Crippen LogP contribution in [-0.4, -0.2) is 11.2 Å². The molecular weight excluding hydrogens is 286 g/mol. The Morgan fingerprint density at radius 2 is 1.86 bits per heavy atom. The van der Waals surface area contributed by atoms with Crippen LogP contribution >= 0.6 is 0 Å². The predicted molar refractivity (Wildman–Crippen MR) is 81.1 cm³/mol. The topological polar surface area (TPSA) is 29.5 Å². The quantitative estimate of drug-likeness (QED) is 0.854. The summed E-state index contributed by atoms with van der Waals surface area (Å²) in [6.45, 7) is 2.22. The lowest BCUT2D eigenvalue weighted by molar-refractivity contribution is 0.0707. The van der Waals surface area contributed by atoms with Crippen LogP contribution in [0.5, 0.6) is 11.5 Å². The summed E-state index contributed by atoms with van der Waals surface area (Å²) in [5, 5.41) is 9.38. The highest BCUT2D eigenvalue weighted by Gasteiger charge is 2.33. The van der Waals surface area contributed by atoms with Gasteiger partial charge in [-0.15, -0.1) is 0 Å². The van der Waals surface area contributed by atoms with Crippen LogP contribution in [0.3, 0.4) is 0 Å². The van der Waals surface area contributed by atoms with Crippen molar-refractivity contribution < 1.29 is 18.6 Å². The van der Waals surface area contributed by atoms with Crippen molar-refractivity contribution in [2.24, 2.45) is 11.8 Å². The van der Waals surface area contributed by atoms with Crippen LogP contribution in [-0.2, 0) is 6.42 Å². The molecule has 1 fully saturated rings. The Morgan fingerprint density at radius 1 is 1.14 bits per heavy atom. The molecule has 2 nitrogen and oxygen atoms in total. The van der Waals surface area contributed by atoms with Crippen LogP contribution in [0.15, 0.2) is 6.07 Å². The Hall–Kier alpha value is -1.32. The zero-order valence-electron chi connectivity index (χ0n) is 13.1. The fourth-order valence-electron chi connectivity index (χ4n) is 4.06. The van der Waals surface area contributed by atoms with Crippen molar-refractivity contribution in [3.05, 3.63) is 23.3 Å². The van der Waals surface area contributed by atoms with Gasteiger partial charge in [0.05, 0.1) is 0 Å². The highest BCUT2D eigenvalue weighted by atomic mass is 19.2. The van der Waals surface area contributed by atoms with Crippen LogP contribution in [0.25, 0.3) is 0 Å². The van der Waals surface area contributed by atoms with E-state index in [9.17, 15) is 13.9 Å². The molecule has 1 aliphatic carbocycles. The number of fused-ring (bicyclic) bond motifs is 1. The van der Waals surface area contributed by atoms with Gasteiger partial charge in [-0.1, -0.05) is 32.6 Å². The van der Waals surface area contributed by atoms with Gasteiger partial charge in [-0.2, -0.15) is 8.78 Å². The largest absolute Gasteiger partial charge is 0.505 e. The van der Waals surface area contributed by atoms with E-state index in [4.69, 9.17) is 4.74 Å². The molecule has 1 atom stereocenters. The van der Waals surface area contributed by atoms with Crippen molar-refractivity contribution >= 4 is 0 Å². The molecular formula is C18H24F2O2. The molecule has 4 heteroatoms. The fraction of sp³-hybridized carbons (Fsp3) is 0.667. The Bertz CT molecular complexity index is 536. The van der Waals surface area contributed by atoms with Crippen molar-refractivity contribution in [2.45, 2.75) is 64.4 Å². The maximum absolute atomic E-state index is 14.0. The molecule has 1 aromatic rings. The lowest BCUT2D eigenvalue weighted by Crippen LogP contribution is -2.34. The zero-order valence-corrected chi connectivity index (χ0v) is 13.1. The minimum Gasteiger partial charge on any atom is -0.505 e. The van der Waals surface area contributed by atoms with E-state index < -0.39 is 17.4 Å². The molecule has 1 aliphatic heterocycles. The number of phenols is 1. The first kappa shape index (κ1) is 15.6. The van der Waals surface area contributed by atoms with Gasteiger partial charge < -0.3 is 9.84 Å². The summed E-state index contributed by atoms with van der Waals surface area (Å²) in [5.41, 5.74) is 0.576. The van der Waals surface area contributed by atoms with Crippen molar-refractivity contribution in [2.75, 3.05) is 0 Å².